The molecule has 7 heteroatoms. The number of ether oxygens (including phenoxy) is 2. The Hall–Kier alpha value is -1.44. The molecule has 1 N–H and O–H groups in total. The molecule has 2 fully saturated rings. The molecule has 0 spiro atoms. The number of nitrogens with zero attached hydrogens (tertiary/aromatic N) is 2. The third-order valence-electron chi connectivity index (χ3n) is 4.65. The van der Waals surface area contributed by atoms with E-state index in [1.54, 1.807) is 13.0 Å². The summed E-state index contributed by atoms with van der Waals surface area (Å²) in [5.74, 6) is 0.00966. The van der Waals surface area contributed by atoms with Crippen molar-refractivity contribution in [2.24, 2.45) is 0 Å². The number of piperazine rings is 1. The fourth-order valence-electron chi connectivity index (χ4n) is 3.09. The molecular weight excluding hydrogens is 322 g/mol. The Morgan fingerprint density at radius 3 is 2.72 bits per heavy atom. The van der Waals surface area contributed by atoms with E-state index in [9.17, 15) is 9.59 Å². The van der Waals surface area contributed by atoms with Crippen LogP contribution in [0.25, 0.3) is 0 Å². The van der Waals surface area contributed by atoms with Crippen molar-refractivity contribution in [3.63, 3.8) is 0 Å². The summed E-state index contributed by atoms with van der Waals surface area (Å²) in [6.45, 7) is 10.2. The van der Waals surface area contributed by atoms with Gasteiger partial charge in [-0.1, -0.05) is 6.08 Å². The van der Waals surface area contributed by atoms with Crippen molar-refractivity contribution < 1.29 is 19.1 Å². The first kappa shape index (κ1) is 19.9. The SMILES string of the molecule is C=CCNC(=O)CN1CCN(C(=O)C(C)OCC2CCCCO2)CC1. The number of nitrogens with one attached hydrogen (secondary N) is 1. The zero-order chi connectivity index (χ0) is 18.1. The maximum Gasteiger partial charge on any atom is 0.251 e. The summed E-state index contributed by atoms with van der Waals surface area (Å²) in [6, 6.07) is 0. The highest BCUT2D eigenvalue weighted by Gasteiger charge is 2.27. The molecule has 2 amide bonds. The highest BCUT2D eigenvalue weighted by molar-refractivity contribution is 5.81. The van der Waals surface area contributed by atoms with Crippen LogP contribution in [-0.2, 0) is 19.1 Å². The second kappa shape index (κ2) is 10.5. The number of hydrogen-bond donors (Lipinski definition) is 1. The Kier molecular flexibility index (Phi) is 8.37. The fraction of sp³-hybridized carbons (Fsp3) is 0.778. The molecule has 2 unspecified atom stereocenters. The number of hydrogen-bond acceptors (Lipinski definition) is 5. The van der Waals surface area contributed by atoms with Gasteiger partial charge in [0.25, 0.3) is 5.91 Å². The molecule has 2 heterocycles. The van der Waals surface area contributed by atoms with Crippen LogP contribution in [0.15, 0.2) is 12.7 Å². The molecule has 2 aliphatic heterocycles. The van der Waals surface area contributed by atoms with Gasteiger partial charge in [-0.05, 0) is 26.2 Å². The Labute approximate surface area is 150 Å². The monoisotopic (exact) mass is 353 g/mol. The lowest BCUT2D eigenvalue weighted by atomic mass is 10.1. The van der Waals surface area contributed by atoms with E-state index in [0.29, 0.717) is 45.9 Å². The topological polar surface area (TPSA) is 71.1 Å². The van der Waals surface area contributed by atoms with Gasteiger partial charge in [0.05, 0.1) is 19.3 Å². The zero-order valence-electron chi connectivity index (χ0n) is 15.2. The van der Waals surface area contributed by atoms with E-state index < -0.39 is 6.10 Å². The zero-order valence-corrected chi connectivity index (χ0v) is 15.2. The number of carbonyl (C=O) groups excluding carboxylic acids is 2. The molecule has 0 saturated carbocycles. The average molecular weight is 353 g/mol. The lowest BCUT2D eigenvalue weighted by Crippen LogP contribution is -2.53. The summed E-state index contributed by atoms with van der Waals surface area (Å²) in [5.41, 5.74) is 0. The molecule has 142 valence electrons. The predicted molar refractivity (Wildman–Crippen MR) is 95.2 cm³/mol. The molecule has 2 aliphatic rings. The number of amides is 2. The van der Waals surface area contributed by atoms with E-state index in [-0.39, 0.29) is 17.9 Å². The van der Waals surface area contributed by atoms with Crippen molar-refractivity contribution in [2.45, 2.75) is 38.4 Å². The molecule has 25 heavy (non-hydrogen) atoms. The maximum absolute atomic E-state index is 12.5. The lowest BCUT2D eigenvalue weighted by molar-refractivity contribution is -0.147. The molecule has 0 aromatic rings. The van der Waals surface area contributed by atoms with Gasteiger partial charge >= 0.3 is 0 Å². The maximum atomic E-state index is 12.5. The van der Waals surface area contributed by atoms with Gasteiger partial charge < -0.3 is 19.7 Å². The Morgan fingerprint density at radius 2 is 2.08 bits per heavy atom. The Morgan fingerprint density at radius 1 is 1.32 bits per heavy atom. The summed E-state index contributed by atoms with van der Waals surface area (Å²) in [6.07, 6.45) is 4.62. The third-order valence-corrected chi connectivity index (χ3v) is 4.65. The highest BCUT2D eigenvalue weighted by Crippen LogP contribution is 2.14. The van der Waals surface area contributed by atoms with E-state index >= 15 is 0 Å². The van der Waals surface area contributed by atoms with Crippen molar-refractivity contribution in [1.82, 2.24) is 15.1 Å². The lowest BCUT2D eigenvalue weighted by Gasteiger charge is -2.35. The van der Waals surface area contributed by atoms with Crippen molar-refractivity contribution in [3.05, 3.63) is 12.7 Å². The molecule has 7 nitrogen and oxygen atoms in total. The van der Waals surface area contributed by atoms with Gasteiger partial charge in [0, 0.05) is 39.3 Å². The smallest absolute Gasteiger partial charge is 0.251 e. The average Bonchev–Trinajstić information content (AvgIpc) is 2.65. The van der Waals surface area contributed by atoms with Crippen LogP contribution < -0.4 is 5.32 Å². The Balaban J connectivity index is 1.65. The van der Waals surface area contributed by atoms with Crippen LogP contribution in [0.2, 0.25) is 0 Å². The number of carbonyl (C=O) groups is 2. The summed E-state index contributed by atoms with van der Waals surface area (Å²) in [5, 5.41) is 2.77. The van der Waals surface area contributed by atoms with Crippen LogP contribution in [0.5, 0.6) is 0 Å². The minimum absolute atomic E-state index is 0.0103. The summed E-state index contributed by atoms with van der Waals surface area (Å²) in [4.78, 5) is 28.1. The van der Waals surface area contributed by atoms with E-state index in [1.165, 1.54) is 6.42 Å². The van der Waals surface area contributed by atoms with Crippen LogP contribution in [-0.4, -0.2) is 86.3 Å². The van der Waals surface area contributed by atoms with Crippen molar-refractivity contribution in [1.29, 1.82) is 0 Å². The molecule has 0 aromatic heterocycles. The van der Waals surface area contributed by atoms with E-state index in [4.69, 9.17) is 9.47 Å². The molecule has 0 aliphatic carbocycles. The summed E-state index contributed by atoms with van der Waals surface area (Å²) < 4.78 is 11.4. The first-order chi connectivity index (χ1) is 12.1. The molecule has 2 saturated heterocycles. The van der Waals surface area contributed by atoms with Gasteiger partial charge in [-0.15, -0.1) is 6.58 Å². The standard InChI is InChI=1S/C18H31N3O4/c1-3-7-19-17(22)13-20-8-10-21(11-9-20)18(23)15(2)25-14-16-6-4-5-12-24-16/h3,15-16H,1,4-14H2,2H3,(H,19,22). The minimum atomic E-state index is -0.451. The predicted octanol–water partition coefficient (Wildman–Crippen LogP) is 0.407. The minimum Gasteiger partial charge on any atom is -0.376 e. The van der Waals surface area contributed by atoms with E-state index in [0.717, 1.165) is 19.4 Å². The number of rotatable bonds is 8. The molecule has 2 rings (SSSR count). The van der Waals surface area contributed by atoms with Gasteiger partial charge in [-0.25, -0.2) is 0 Å². The van der Waals surface area contributed by atoms with E-state index in [2.05, 4.69) is 16.8 Å². The highest BCUT2D eigenvalue weighted by atomic mass is 16.5. The molecular formula is C18H31N3O4. The van der Waals surface area contributed by atoms with Gasteiger partial charge in [-0.2, -0.15) is 0 Å². The van der Waals surface area contributed by atoms with Crippen LogP contribution >= 0.6 is 0 Å². The van der Waals surface area contributed by atoms with Gasteiger partial charge in [0.1, 0.15) is 6.10 Å². The first-order valence-corrected chi connectivity index (χ1v) is 9.22. The van der Waals surface area contributed by atoms with Crippen LogP contribution in [0.3, 0.4) is 0 Å². The second-order valence-electron chi connectivity index (χ2n) is 6.66. The van der Waals surface area contributed by atoms with Crippen LogP contribution in [0.1, 0.15) is 26.2 Å². The Bertz CT molecular complexity index is 444. The normalized spacial score (nSPS) is 23.1. The quantitative estimate of drug-likeness (QED) is 0.640. The molecule has 2 atom stereocenters. The molecule has 0 radical (unpaired) electrons. The molecule has 0 aromatic carbocycles. The largest absolute Gasteiger partial charge is 0.376 e. The van der Waals surface area contributed by atoms with Gasteiger partial charge in [-0.3, -0.25) is 14.5 Å². The van der Waals surface area contributed by atoms with Crippen molar-refractivity contribution in [2.75, 3.05) is 52.5 Å². The summed E-state index contributed by atoms with van der Waals surface area (Å²) in [7, 11) is 0. The van der Waals surface area contributed by atoms with Crippen LogP contribution in [0.4, 0.5) is 0 Å². The van der Waals surface area contributed by atoms with Gasteiger partial charge in [0.15, 0.2) is 0 Å². The van der Waals surface area contributed by atoms with E-state index in [1.807, 2.05) is 4.90 Å². The first-order valence-electron chi connectivity index (χ1n) is 9.22. The fourth-order valence-corrected chi connectivity index (χ4v) is 3.09. The summed E-state index contributed by atoms with van der Waals surface area (Å²) >= 11 is 0. The molecule has 0 bridgehead atoms. The van der Waals surface area contributed by atoms with Gasteiger partial charge in [0.2, 0.25) is 5.91 Å². The second-order valence-corrected chi connectivity index (χ2v) is 6.66. The van der Waals surface area contributed by atoms with Crippen molar-refractivity contribution in [3.8, 4) is 0 Å². The third kappa shape index (κ3) is 6.76. The van der Waals surface area contributed by atoms with Crippen LogP contribution in [0, 0.1) is 0 Å². The van der Waals surface area contributed by atoms with Crippen molar-refractivity contribution >= 4 is 11.8 Å².